The maximum Gasteiger partial charge on any atom is 0.328 e. The molecule has 0 aliphatic heterocycles. The Hall–Kier alpha value is -2.31. The molecule has 0 aromatic carbocycles. The summed E-state index contributed by atoms with van der Waals surface area (Å²) in [5, 5.41) is 5.31. The summed E-state index contributed by atoms with van der Waals surface area (Å²) in [5.41, 5.74) is 1.81. The van der Waals surface area contributed by atoms with E-state index >= 15 is 0 Å². The number of hydrogen-bond donors (Lipinski definition) is 4. The molecule has 2 aromatic rings. The number of carbonyl (C=O) groups is 1. The van der Waals surface area contributed by atoms with Crippen molar-refractivity contribution in [2.24, 2.45) is 0 Å². The quantitative estimate of drug-likeness (QED) is 0.684. The number of nitrogens with zero attached hydrogens (tertiary/aromatic N) is 2. The van der Waals surface area contributed by atoms with Gasteiger partial charge in [-0.05, 0) is 0 Å². The normalized spacial score (nSPS) is 12.3. The Balaban J connectivity index is 1.99. The predicted octanol–water partition coefficient (Wildman–Crippen LogP) is 3.37. The fourth-order valence-corrected chi connectivity index (χ4v) is 1.78. The summed E-state index contributed by atoms with van der Waals surface area (Å²) in [6.07, 6.45) is 3.44. The van der Waals surface area contributed by atoms with Crippen LogP contribution in [0.4, 0.5) is 16.7 Å². The van der Waals surface area contributed by atoms with Crippen LogP contribution in [0.1, 0.15) is 52.9 Å². The molecular weight excluding hydrogens is 280 g/mol. The topological polar surface area (TPSA) is 98.5 Å². The standard InChI is InChI=1S/C15H24N6O/c1-14(2,3)9-7-16-11(18-9)20-13(22)21-12-17-8-10(19-12)15(4,5)6/h7-8H,1-6H3,(H4,16,17,18,19,20,21,22). The molecule has 2 heterocycles. The average Bonchev–Trinajstić information content (AvgIpc) is 2.96. The van der Waals surface area contributed by atoms with Crippen LogP contribution in [0.3, 0.4) is 0 Å². The summed E-state index contributed by atoms with van der Waals surface area (Å²) in [5.74, 6) is 0.815. The summed E-state index contributed by atoms with van der Waals surface area (Å²) in [7, 11) is 0. The first-order valence-electron chi connectivity index (χ1n) is 7.25. The van der Waals surface area contributed by atoms with Crippen LogP contribution in [0.5, 0.6) is 0 Å². The van der Waals surface area contributed by atoms with Gasteiger partial charge in [-0.3, -0.25) is 10.6 Å². The van der Waals surface area contributed by atoms with Gasteiger partial charge in [-0.15, -0.1) is 0 Å². The van der Waals surface area contributed by atoms with E-state index in [0.717, 1.165) is 11.4 Å². The Kier molecular flexibility index (Phi) is 4.00. The van der Waals surface area contributed by atoms with Crippen molar-refractivity contribution in [1.29, 1.82) is 0 Å². The SMILES string of the molecule is CC(C)(C)c1cnc(NC(=O)Nc2ncc(C(C)(C)C)[nH]2)[nH]1. The van der Waals surface area contributed by atoms with Gasteiger partial charge in [0, 0.05) is 22.2 Å². The fourth-order valence-electron chi connectivity index (χ4n) is 1.78. The molecule has 0 unspecified atom stereocenters. The molecule has 0 aliphatic carbocycles. The number of urea groups is 1. The number of imidazole rings is 2. The van der Waals surface area contributed by atoms with Crippen LogP contribution in [0.2, 0.25) is 0 Å². The van der Waals surface area contributed by atoms with E-state index in [0.29, 0.717) is 11.9 Å². The molecule has 0 spiro atoms. The third-order valence-electron chi connectivity index (χ3n) is 3.23. The Bertz CT molecular complexity index is 600. The predicted molar refractivity (Wildman–Crippen MR) is 87.2 cm³/mol. The molecular formula is C15H24N6O. The first kappa shape index (κ1) is 16.1. The van der Waals surface area contributed by atoms with Crippen molar-refractivity contribution in [3.8, 4) is 0 Å². The van der Waals surface area contributed by atoms with E-state index in [9.17, 15) is 4.79 Å². The molecule has 22 heavy (non-hydrogen) atoms. The smallest absolute Gasteiger partial charge is 0.327 e. The van der Waals surface area contributed by atoms with E-state index in [1.54, 1.807) is 12.4 Å². The zero-order chi connectivity index (χ0) is 16.5. The highest BCUT2D eigenvalue weighted by Gasteiger charge is 2.19. The summed E-state index contributed by atoms with van der Waals surface area (Å²) >= 11 is 0. The molecule has 120 valence electrons. The van der Waals surface area contributed by atoms with Crippen LogP contribution in [0.15, 0.2) is 12.4 Å². The van der Waals surface area contributed by atoms with Gasteiger partial charge in [0.15, 0.2) is 0 Å². The van der Waals surface area contributed by atoms with Crippen molar-refractivity contribution < 1.29 is 4.79 Å². The minimum absolute atomic E-state index is 0.0496. The molecule has 0 aliphatic rings. The van der Waals surface area contributed by atoms with Crippen molar-refractivity contribution in [2.45, 2.75) is 52.4 Å². The number of aromatic nitrogens is 4. The number of anilines is 2. The van der Waals surface area contributed by atoms with E-state index < -0.39 is 6.03 Å². The molecule has 2 aromatic heterocycles. The first-order valence-corrected chi connectivity index (χ1v) is 7.25. The highest BCUT2D eigenvalue weighted by molar-refractivity contribution is 5.97. The van der Waals surface area contributed by atoms with Gasteiger partial charge >= 0.3 is 6.03 Å². The maximum absolute atomic E-state index is 12.0. The summed E-state index contributed by atoms with van der Waals surface area (Å²) in [4.78, 5) is 26.4. The lowest BCUT2D eigenvalue weighted by molar-refractivity contribution is 0.262. The molecule has 2 rings (SSSR count). The lowest BCUT2D eigenvalue weighted by Gasteiger charge is -2.15. The molecule has 0 atom stereocenters. The highest BCUT2D eigenvalue weighted by atomic mass is 16.2. The second kappa shape index (κ2) is 5.47. The number of hydrogen-bond acceptors (Lipinski definition) is 3. The van der Waals surface area contributed by atoms with Gasteiger partial charge < -0.3 is 9.97 Å². The Labute approximate surface area is 130 Å². The Morgan fingerprint density at radius 3 is 1.50 bits per heavy atom. The minimum Gasteiger partial charge on any atom is -0.327 e. The molecule has 0 fully saturated rings. The average molecular weight is 304 g/mol. The van der Waals surface area contributed by atoms with Crippen LogP contribution < -0.4 is 10.6 Å². The van der Waals surface area contributed by atoms with Gasteiger partial charge in [0.05, 0.1) is 12.4 Å². The number of rotatable bonds is 2. The van der Waals surface area contributed by atoms with E-state index in [1.807, 2.05) is 0 Å². The van der Waals surface area contributed by atoms with Gasteiger partial charge in [0.1, 0.15) is 0 Å². The van der Waals surface area contributed by atoms with E-state index in [2.05, 4.69) is 72.1 Å². The second-order valence-corrected chi connectivity index (χ2v) is 7.37. The van der Waals surface area contributed by atoms with Crippen molar-refractivity contribution in [3.63, 3.8) is 0 Å². The molecule has 0 radical (unpaired) electrons. The largest absolute Gasteiger partial charge is 0.328 e. The third-order valence-corrected chi connectivity index (χ3v) is 3.23. The zero-order valence-electron chi connectivity index (χ0n) is 14.0. The van der Waals surface area contributed by atoms with Crippen molar-refractivity contribution in [2.75, 3.05) is 10.6 Å². The number of H-pyrrole nitrogens is 2. The van der Waals surface area contributed by atoms with Crippen LogP contribution in [0.25, 0.3) is 0 Å². The van der Waals surface area contributed by atoms with Crippen LogP contribution >= 0.6 is 0 Å². The molecule has 0 saturated carbocycles. The zero-order valence-corrected chi connectivity index (χ0v) is 14.0. The van der Waals surface area contributed by atoms with E-state index in [-0.39, 0.29) is 10.8 Å². The van der Waals surface area contributed by atoms with Crippen molar-refractivity contribution in [1.82, 2.24) is 19.9 Å². The summed E-state index contributed by atoms with van der Waals surface area (Å²) in [6.45, 7) is 12.4. The van der Waals surface area contributed by atoms with Gasteiger partial charge in [-0.1, -0.05) is 41.5 Å². The molecule has 7 heteroatoms. The molecule has 4 N–H and O–H groups in total. The van der Waals surface area contributed by atoms with Gasteiger partial charge in [-0.2, -0.15) is 0 Å². The van der Waals surface area contributed by atoms with Gasteiger partial charge in [0.25, 0.3) is 0 Å². The molecule has 2 amide bonds. The Morgan fingerprint density at radius 1 is 0.864 bits per heavy atom. The van der Waals surface area contributed by atoms with Crippen molar-refractivity contribution in [3.05, 3.63) is 23.8 Å². The maximum atomic E-state index is 12.0. The summed E-state index contributed by atoms with van der Waals surface area (Å²) < 4.78 is 0. The minimum atomic E-state index is -0.399. The van der Waals surface area contributed by atoms with Crippen LogP contribution in [0, 0.1) is 0 Å². The number of nitrogens with one attached hydrogen (secondary N) is 4. The molecule has 0 bridgehead atoms. The van der Waals surface area contributed by atoms with Gasteiger partial charge in [-0.25, -0.2) is 14.8 Å². The second-order valence-electron chi connectivity index (χ2n) is 7.37. The number of amides is 2. The number of aromatic amines is 2. The Morgan fingerprint density at radius 2 is 1.23 bits per heavy atom. The third kappa shape index (κ3) is 3.87. The van der Waals surface area contributed by atoms with Crippen LogP contribution in [-0.4, -0.2) is 26.0 Å². The number of carbonyl (C=O) groups excluding carboxylic acids is 1. The van der Waals surface area contributed by atoms with Gasteiger partial charge in [0.2, 0.25) is 11.9 Å². The van der Waals surface area contributed by atoms with Crippen LogP contribution in [-0.2, 0) is 10.8 Å². The monoisotopic (exact) mass is 304 g/mol. The first-order chi connectivity index (χ1) is 10.1. The molecule has 7 nitrogen and oxygen atoms in total. The van der Waals surface area contributed by atoms with E-state index in [4.69, 9.17) is 0 Å². The highest BCUT2D eigenvalue weighted by Crippen LogP contribution is 2.22. The molecule has 0 saturated heterocycles. The van der Waals surface area contributed by atoms with Crippen molar-refractivity contribution >= 4 is 17.9 Å². The fraction of sp³-hybridized carbons (Fsp3) is 0.533. The van der Waals surface area contributed by atoms with E-state index in [1.165, 1.54) is 0 Å². The summed E-state index contributed by atoms with van der Waals surface area (Å²) in [6, 6.07) is -0.399. The lowest BCUT2D eigenvalue weighted by Crippen LogP contribution is -2.21. The lowest BCUT2D eigenvalue weighted by atomic mass is 9.93.